The van der Waals surface area contributed by atoms with E-state index in [0.29, 0.717) is 25.9 Å². The highest BCUT2D eigenvalue weighted by molar-refractivity contribution is 5.76. The lowest BCUT2D eigenvalue weighted by Crippen LogP contribution is -2.35. The molecule has 2 rings (SSSR count). The Bertz CT molecular complexity index is 550. The summed E-state index contributed by atoms with van der Waals surface area (Å²) in [6.07, 6.45) is 4.69. The summed E-state index contributed by atoms with van der Waals surface area (Å²) < 4.78 is 0. The van der Waals surface area contributed by atoms with Crippen molar-refractivity contribution < 1.29 is 19.8 Å². The molecule has 0 saturated carbocycles. The van der Waals surface area contributed by atoms with Gasteiger partial charge in [-0.25, -0.2) is 4.79 Å². The maximum absolute atomic E-state index is 12.0. The number of hydrogen-bond acceptors (Lipinski definition) is 3. The molecule has 1 aliphatic heterocycles. The van der Waals surface area contributed by atoms with Crippen LogP contribution in [0.15, 0.2) is 30.3 Å². The van der Waals surface area contributed by atoms with Crippen molar-refractivity contribution in [1.29, 1.82) is 0 Å². The molecule has 2 atom stereocenters. The summed E-state index contributed by atoms with van der Waals surface area (Å²) in [5, 5.41) is 21.8. The number of carbonyl (C=O) groups excluding carboxylic acids is 1. The maximum Gasteiger partial charge on any atom is 0.317 e. The van der Waals surface area contributed by atoms with Crippen molar-refractivity contribution >= 4 is 12.0 Å². The minimum absolute atomic E-state index is 0.0591. The van der Waals surface area contributed by atoms with E-state index < -0.39 is 12.1 Å². The van der Waals surface area contributed by atoms with E-state index in [2.05, 4.69) is 5.32 Å². The summed E-state index contributed by atoms with van der Waals surface area (Å²) in [6, 6.07) is 9.59. The molecular weight excluding hydrogens is 320 g/mol. The van der Waals surface area contributed by atoms with E-state index in [1.165, 1.54) is 0 Å². The summed E-state index contributed by atoms with van der Waals surface area (Å²) in [6.45, 7) is 1.18. The first-order chi connectivity index (χ1) is 12.1. The number of urea groups is 1. The van der Waals surface area contributed by atoms with Crippen molar-refractivity contribution in [3.63, 3.8) is 0 Å². The normalized spacial score (nSPS) is 18.2. The van der Waals surface area contributed by atoms with Gasteiger partial charge in [-0.15, -0.1) is 0 Å². The molecule has 1 heterocycles. The monoisotopic (exact) mass is 348 g/mol. The molecule has 0 bridgehead atoms. The van der Waals surface area contributed by atoms with Gasteiger partial charge in [-0.05, 0) is 24.8 Å². The van der Waals surface area contributed by atoms with Gasteiger partial charge in [0, 0.05) is 19.5 Å². The Balaban J connectivity index is 1.70. The number of carbonyl (C=O) groups is 2. The molecule has 0 unspecified atom stereocenters. The highest BCUT2D eigenvalue weighted by Crippen LogP contribution is 2.20. The smallest absolute Gasteiger partial charge is 0.317 e. The molecule has 6 nitrogen and oxygen atoms in total. The zero-order valence-corrected chi connectivity index (χ0v) is 14.6. The topological polar surface area (TPSA) is 89.9 Å². The van der Waals surface area contributed by atoms with Gasteiger partial charge < -0.3 is 20.4 Å². The maximum atomic E-state index is 12.0. The van der Waals surface area contributed by atoms with Crippen LogP contribution in [0.3, 0.4) is 0 Å². The third kappa shape index (κ3) is 6.38. The number of amides is 2. The minimum Gasteiger partial charge on any atom is -0.481 e. The van der Waals surface area contributed by atoms with Crippen LogP contribution < -0.4 is 5.32 Å². The minimum atomic E-state index is -0.742. The van der Waals surface area contributed by atoms with Gasteiger partial charge in [0.25, 0.3) is 0 Å². The van der Waals surface area contributed by atoms with Crippen molar-refractivity contribution in [2.45, 2.75) is 57.1 Å². The Labute approximate surface area is 148 Å². The van der Waals surface area contributed by atoms with Crippen LogP contribution in [0.2, 0.25) is 0 Å². The second-order valence-electron chi connectivity index (χ2n) is 6.60. The van der Waals surface area contributed by atoms with Crippen LogP contribution in [0, 0.1) is 0 Å². The number of benzene rings is 1. The standard InChI is InChI=1S/C19H28N2O4/c22-17(15-8-4-3-5-9-15)12-13-21-16(14-20-19(21)25)10-6-1-2-7-11-18(23)24/h3-5,8-9,16-17,22H,1-2,6-7,10-14H2,(H,20,25)(H,23,24)/t16-,17+/m0/s1. The molecule has 1 saturated heterocycles. The lowest BCUT2D eigenvalue weighted by Gasteiger charge is -2.24. The van der Waals surface area contributed by atoms with Crippen LogP contribution in [-0.4, -0.2) is 46.2 Å². The Hall–Kier alpha value is -2.08. The van der Waals surface area contributed by atoms with Gasteiger partial charge in [-0.2, -0.15) is 0 Å². The van der Waals surface area contributed by atoms with Crippen LogP contribution in [0.5, 0.6) is 0 Å². The Morgan fingerprint density at radius 1 is 1.20 bits per heavy atom. The van der Waals surface area contributed by atoms with Crippen LogP contribution in [0.25, 0.3) is 0 Å². The zero-order chi connectivity index (χ0) is 18.1. The van der Waals surface area contributed by atoms with Crippen LogP contribution >= 0.6 is 0 Å². The van der Waals surface area contributed by atoms with E-state index in [0.717, 1.165) is 31.2 Å². The average Bonchev–Trinajstić information content (AvgIpc) is 2.96. The molecule has 6 heteroatoms. The van der Waals surface area contributed by atoms with Gasteiger partial charge in [0.15, 0.2) is 0 Å². The third-order valence-electron chi connectivity index (χ3n) is 4.70. The number of aliphatic hydroxyl groups is 1. The van der Waals surface area contributed by atoms with E-state index in [-0.39, 0.29) is 18.5 Å². The second-order valence-corrected chi connectivity index (χ2v) is 6.60. The van der Waals surface area contributed by atoms with Crippen molar-refractivity contribution in [2.24, 2.45) is 0 Å². The quantitative estimate of drug-likeness (QED) is 0.536. The molecule has 0 radical (unpaired) electrons. The molecule has 0 aliphatic carbocycles. The van der Waals surface area contributed by atoms with Gasteiger partial charge in [-0.1, -0.05) is 49.6 Å². The van der Waals surface area contributed by atoms with Crippen molar-refractivity contribution in [3.8, 4) is 0 Å². The number of aliphatic carboxylic acids is 1. The Morgan fingerprint density at radius 3 is 2.64 bits per heavy atom. The molecule has 1 aromatic carbocycles. The molecule has 0 aromatic heterocycles. The molecule has 138 valence electrons. The summed E-state index contributed by atoms with van der Waals surface area (Å²) in [4.78, 5) is 24.3. The van der Waals surface area contributed by atoms with Crippen molar-refractivity contribution in [2.75, 3.05) is 13.1 Å². The fraction of sp³-hybridized carbons (Fsp3) is 0.579. The molecular formula is C19H28N2O4. The zero-order valence-electron chi connectivity index (χ0n) is 14.6. The van der Waals surface area contributed by atoms with Crippen molar-refractivity contribution in [1.82, 2.24) is 10.2 Å². The number of carboxylic acids is 1. The van der Waals surface area contributed by atoms with Crippen LogP contribution in [0.1, 0.15) is 56.6 Å². The number of nitrogens with one attached hydrogen (secondary N) is 1. The predicted octanol–water partition coefficient (Wildman–Crippen LogP) is 2.93. The number of unbranched alkanes of at least 4 members (excludes halogenated alkanes) is 3. The van der Waals surface area contributed by atoms with E-state index >= 15 is 0 Å². The fourth-order valence-electron chi connectivity index (χ4n) is 3.24. The molecule has 25 heavy (non-hydrogen) atoms. The number of aliphatic hydroxyl groups excluding tert-OH is 1. The molecule has 1 aliphatic rings. The first kappa shape index (κ1) is 19.2. The number of rotatable bonds is 11. The van der Waals surface area contributed by atoms with Gasteiger partial charge in [0.05, 0.1) is 12.1 Å². The van der Waals surface area contributed by atoms with E-state index in [9.17, 15) is 14.7 Å². The second kappa shape index (κ2) is 10.0. The molecule has 1 fully saturated rings. The molecule has 1 aromatic rings. The predicted molar refractivity (Wildman–Crippen MR) is 95.2 cm³/mol. The van der Waals surface area contributed by atoms with E-state index in [1.54, 1.807) is 0 Å². The van der Waals surface area contributed by atoms with Gasteiger partial charge in [-0.3, -0.25) is 4.79 Å². The van der Waals surface area contributed by atoms with E-state index in [1.807, 2.05) is 35.2 Å². The highest BCUT2D eigenvalue weighted by atomic mass is 16.4. The lowest BCUT2D eigenvalue weighted by molar-refractivity contribution is -0.137. The van der Waals surface area contributed by atoms with Gasteiger partial charge >= 0.3 is 12.0 Å². The van der Waals surface area contributed by atoms with Crippen molar-refractivity contribution in [3.05, 3.63) is 35.9 Å². The van der Waals surface area contributed by atoms with E-state index in [4.69, 9.17) is 5.11 Å². The summed E-state index contributed by atoms with van der Waals surface area (Å²) in [7, 11) is 0. The largest absolute Gasteiger partial charge is 0.481 e. The number of nitrogens with zero attached hydrogens (tertiary/aromatic N) is 1. The highest BCUT2D eigenvalue weighted by Gasteiger charge is 2.30. The van der Waals surface area contributed by atoms with Crippen LogP contribution in [-0.2, 0) is 4.79 Å². The molecule has 0 spiro atoms. The summed E-state index contributed by atoms with van der Waals surface area (Å²) in [5.74, 6) is -0.742. The third-order valence-corrected chi connectivity index (χ3v) is 4.70. The van der Waals surface area contributed by atoms with Crippen LogP contribution in [0.4, 0.5) is 4.79 Å². The van der Waals surface area contributed by atoms with Gasteiger partial charge in [0.2, 0.25) is 0 Å². The fourth-order valence-corrected chi connectivity index (χ4v) is 3.24. The first-order valence-corrected chi connectivity index (χ1v) is 9.07. The number of carboxylic acid groups (broad SMARTS) is 1. The molecule has 3 N–H and O–H groups in total. The number of hydrogen-bond donors (Lipinski definition) is 3. The Kier molecular flexibility index (Phi) is 7.73. The average molecular weight is 348 g/mol. The van der Waals surface area contributed by atoms with Gasteiger partial charge in [0.1, 0.15) is 0 Å². The summed E-state index contributed by atoms with van der Waals surface area (Å²) >= 11 is 0. The molecule has 2 amide bonds. The Morgan fingerprint density at radius 2 is 1.92 bits per heavy atom. The lowest BCUT2D eigenvalue weighted by atomic mass is 10.0. The summed E-state index contributed by atoms with van der Waals surface area (Å²) in [5.41, 5.74) is 0.872. The first-order valence-electron chi connectivity index (χ1n) is 9.07. The SMILES string of the molecule is O=C(O)CCCCCC[C@H]1CNC(=O)N1CC[C@@H](O)c1ccccc1.